The van der Waals surface area contributed by atoms with Crippen molar-refractivity contribution in [2.24, 2.45) is 11.7 Å². The first kappa shape index (κ1) is 14.5. The number of esters is 1. The van der Waals surface area contributed by atoms with Crippen molar-refractivity contribution < 1.29 is 14.6 Å². The van der Waals surface area contributed by atoms with E-state index < -0.39 is 5.60 Å². The van der Waals surface area contributed by atoms with Gasteiger partial charge in [0.2, 0.25) is 0 Å². The van der Waals surface area contributed by atoms with E-state index in [1.807, 2.05) is 0 Å². The Morgan fingerprint density at radius 3 is 2.82 bits per heavy atom. The van der Waals surface area contributed by atoms with Gasteiger partial charge in [0.1, 0.15) is 6.10 Å². The maximum Gasteiger partial charge on any atom is 0.309 e. The van der Waals surface area contributed by atoms with Gasteiger partial charge < -0.3 is 15.6 Å². The lowest BCUT2D eigenvalue weighted by molar-refractivity contribution is -0.156. The molecular formula is C13H25NO3. The fraction of sp³-hybridized carbons (Fsp3) is 0.923. The summed E-state index contributed by atoms with van der Waals surface area (Å²) < 4.78 is 5.41. The highest BCUT2D eigenvalue weighted by molar-refractivity contribution is 5.70. The lowest BCUT2D eigenvalue weighted by Crippen LogP contribution is -2.38. The molecule has 0 aromatic rings. The van der Waals surface area contributed by atoms with Crippen LogP contribution in [0.2, 0.25) is 0 Å². The topological polar surface area (TPSA) is 72.5 Å². The molecule has 0 aromatic heterocycles. The van der Waals surface area contributed by atoms with Gasteiger partial charge >= 0.3 is 5.97 Å². The van der Waals surface area contributed by atoms with Crippen LogP contribution in [-0.4, -0.2) is 29.3 Å². The largest absolute Gasteiger partial charge is 0.462 e. The quantitative estimate of drug-likeness (QED) is 0.719. The Morgan fingerprint density at radius 1 is 1.53 bits per heavy atom. The highest BCUT2D eigenvalue weighted by Gasteiger charge is 2.27. The second kappa shape index (κ2) is 6.36. The van der Waals surface area contributed by atoms with Gasteiger partial charge in [-0.15, -0.1) is 0 Å². The van der Waals surface area contributed by atoms with E-state index in [4.69, 9.17) is 10.5 Å². The molecular weight excluding hydrogens is 218 g/mol. The fourth-order valence-electron chi connectivity index (χ4n) is 2.33. The minimum atomic E-state index is -1.14. The SMILES string of the molecule is CCC1CCCC(OC(=O)CC(C)(O)CN)C1. The smallest absolute Gasteiger partial charge is 0.309 e. The molecule has 0 bridgehead atoms. The molecule has 1 fully saturated rings. The van der Waals surface area contributed by atoms with E-state index in [0.717, 1.165) is 25.7 Å². The van der Waals surface area contributed by atoms with Crippen molar-refractivity contribution in [1.82, 2.24) is 0 Å². The van der Waals surface area contributed by atoms with Crippen LogP contribution in [0.1, 0.15) is 52.4 Å². The number of ether oxygens (including phenoxy) is 1. The number of aliphatic hydroxyl groups is 1. The lowest BCUT2D eigenvalue weighted by Gasteiger charge is -2.29. The summed E-state index contributed by atoms with van der Waals surface area (Å²) in [6.07, 6.45) is 5.45. The number of hydrogen-bond donors (Lipinski definition) is 2. The molecule has 1 aliphatic carbocycles. The molecule has 3 N–H and O–H groups in total. The number of hydrogen-bond acceptors (Lipinski definition) is 4. The zero-order valence-corrected chi connectivity index (χ0v) is 10.9. The Hall–Kier alpha value is -0.610. The highest BCUT2D eigenvalue weighted by Crippen LogP contribution is 2.28. The van der Waals surface area contributed by atoms with E-state index in [2.05, 4.69) is 6.92 Å². The molecule has 0 spiro atoms. The molecule has 1 aliphatic rings. The zero-order valence-electron chi connectivity index (χ0n) is 10.9. The Labute approximate surface area is 104 Å². The van der Waals surface area contributed by atoms with Gasteiger partial charge in [0.25, 0.3) is 0 Å². The first-order chi connectivity index (χ1) is 7.96. The molecule has 0 aliphatic heterocycles. The van der Waals surface area contributed by atoms with Crippen LogP contribution in [-0.2, 0) is 9.53 Å². The minimum Gasteiger partial charge on any atom is -0.462 e. The molecule has 3 atom stereocenters. The predicted molar refractivity (Wildman–Crippen MR) is 66.4 cm³/mol. The Balaban J connectivity index is 2.35. The first-order valence-electron chi connectivity index (χ1n) is 6.58. The lowest BCUT2D eigenvalue weighted by atomic mass is 9.85. The van der Waals surface area contributed by atoms with Gasteiger partial charge in [-0.3, -0.25) is 4.79 Å². The molecule has 0 radical (unpaired) electrons. The predicted octanol–water partition coefficient (Wildman–Crippen LogP) is 1.60. The third kappa shape index (κ3) is 5.04. The zero-order chi connectivity index (χ0) is 12.9. The standard InChI is InChI=1S/C13H25NO3/c1-3-10-5-4-6-11(7-10)17-12(15)8-13(2,16)9-14/h10-11,16H,3-9,14H2,1-2H3. The Bertz CT molecular complexity index is 253. The third-order valence-electron chi connectivity index (χ3n) is 3.58. The molecule has 4 heteroatoms. The van der Waals surface area contributed by atoms with E-state index in [1.165, 1.54) is 6.42 Å². The first-order valence-corrected chi connectivity index (χ1v) is 6.58. The third-order valence-corrected chi connectivity index (χ3v) is 3.58. The maximum atomic E-state index is 11.6. The number of rotatable bonds is 5. The van der Waals surface area contributed by atoms with Crippen molar-refractivity contribution in [1.29, 1.82) is 0 Å². The Morgan fingerprint density at radius 2 is 2.24 bits per heavy atom. The molecule has 17 heavy (non-hydrogen) atoms. The number of carbonyl (C=O) groups is 1. The summed E-state index contributed by atoms with van der Waals surface area (Å²) in [5.41, 5.74) is 4.23. The van der Waals surface area contributed by atoms with Gasteiger partial charge in [-0.2, -0.15) is 0 Å². The van der Waals surface area contributed by atoms with Crippen LogP contribution < -0.4 is 5.73 Å². The molecule has 0 amide bonds. The van der Waals surface area contributed by atoms with Gasteiger partial charge in [0.05, 0.1) is 12.0 Å². The van der Waals surface area contributed by atoms with Crippen LogP contribution >= 0.6 is 0 Å². The van der Waals surface area contributed by atoms with Gasteiger partial charge in [0, 0.05) is 6.54 Å². The van der Waals surface area contributed by atoms with Gasteiger partial charge in [0.15, 0.2) is 0 Å². The van der Waals surface area contributed by atoms with E-state index >= 15 is 0 Å². The average molecular weight is 243 g/mol. The minimum absolute atomic E-state index is 0.0171. The summed E-state index contributed by atoms with van der Waals surface area (Å²) in [4.78, 5) is 11.6. The van der Waals surface area contributed by atoms with E-state index in [0.29, 0.717) is 5.92 Å². The van der Waals surface area contributed by atoms with Crippen molar-refractivity contribution in [2.75, 3.05) is 6.54 Å². The molecule has 0 aromatic carbocycles. The van der Waals surface area contributed by atoms with Crippen LogP contribution in [0.15, 0.2) is 0 Å². The fourth-order valence-corrected chi connectivity index (χ4v) is 2.33. The Kier molecular flexibility index (Phi) is 5.40. The highest BCUT2D eigenvalue weighted by atomic mass is 16.5. The van der Waals surface area contributed by atoms with Crippen molar-refractivity contribution in [3.63, 3.8) is 0 Å². The van der Waals surface area contributed by atoms with Gasteiger partial charge in [-0.05, 0) is 32.1 Å². The van der Waals surface area contributed by atoms with Crippen LogP contribution in [0.25, 0.3) is 0 Å². The number of carbonyl (C=O) groups excluding carboxylic acids is 1. The maximum absolute atomic E-state index is 11.6. The molecule has 1 saturated carbocycles. The summed E-state index contributed by atoms with van der Waals surface area (Å²) in [6, 6.07) is 0. The van der Waals surface area contributed by atoms with E-state index in [1.54, 1.807) is 6.92 Å². The monoisotopic (exact) mass is 243 g/mol. The molecule has 0 heterocycles. The van der Waals surface area contributed by atoms with Crippen molar-refractivity contribution in [3.05, 3.63) is 0 Å². The summed E-state index contributed by atoms with van der Waals surface area (Å²) >= 11 is 0. The average Bonchev–Trinajstić information content (AvgIpc) is 2.28. The van der Waals surface area contributed by atoms with Crippen LogP contribution in [0.3, 0.4) is 0 Å². The van der Waals surface area contributed by atoms with Gasteiger partial charge in [-0.25, -0.2) is 0 Å². The van der Waals surface area contributed by atoms with Crippen LogP contribution in [0.4, 0.5) is 0 Å². The van der Waals surface area contributed by atoms with Crippen molar-refractivity contribution >= 4 is 5.97 Å². The second-order valence-electron chi connectivity index (χ2n) is 5.43. The normalized spacial score (nSPS) is 28.5. The summed E-state index contributed by atoms with van der Waals surface area (Å²) in [7, 11) is 0. The number of nitrogens with two attached hydrogens (primary N) is 1. The summed E-state index contributed by atoms with van der Waals surface area (Å²) in [5, 5.41) is 9.70. The summed E-state index contributed by atoms with van der Waals surface area (Å²) in [5.74, 6) is 0.346. The summed E-state index contributed by atoms with van der Waals surface area (Å²) in [6.45, 7) is 3.81. The molecule has 0 saturated heterocycles. The van der Waals surface area contributed by atoms with Gasteiger partial charge in [-0.1, -0.05) is 19.8 Å². The second-order valence-corrected chi connectivity index (χ2v) is 5.43. The van der Waals surface area contributed by atoms with Crippen molar-refractivity contribution in [2.45, 2.75) is 64.1 Å². The van der Waals surface area contributed by atoms with Crippen molar-refractivity contribution in [3.8, 4) is 0 Å². The van der Waals surface area contributed by atoms with E-state index in [9.17, 15) is 9.90 Å². The molecule has 1 rings (SSSR count). The van der Waals surface area contributed by atoms with E-state index in [-0.39, 0.29) is 25.0 Å². The molecule has 100 valence electrons. The molecule has 4 nitrogen and oxygen atoms in total. The van der Waals surface area contributed by atoms with Crippen LogP contribution in [0, 0.1) is 5.92 Å². The molecule has 3 unspecified atom stereocenters. The van der Waals surface area contributed by atoms with Crippen LogP contribution in [0.5, 0.6) is 0 Å².